The van der Waals surface area contributed by atoms with Crippen molar-refractivity contribution in [1.29, 1.82) is 0 Å². The summed E-state index contributed by atoms with van der Waals surface area (Å²) in [6, 6.07) is 13.5. The summed E-state index contributed by atoms with van der Waals surface area (Å²) in [7, 11) is 3.26. The van der Waals surface area contributed by atoms with Gasteiger partial charge in [0.15, 0.2) is 5.95 Å². The number of anilines is 1. The van der Waals surface area contributed by atoms with Crippen molar-refractivity contribution in [3.8, 4) is 17.4 Å². The number of carbonyl (C=O) groups excluding carboxylic acids is 2. The Bertz CT molecular complexity index is 1110. The monoisotopic (exact) mass is 422 g/mol. The summed E-state index contributed by atoms with van der Waals surface area (Å²) in [4.78, 5) is 28.4. The average Bonchev–Trinajstić information content (AvgIpc) is 3.28. The highest BCUT2D eigenvalue weighted by molar-refractivity contribution is 6.22. The summed E-state index contributed by atoms with van der Waals surface area (Å²) in [5, 5.41) is 16.1. The van der Waals surface area contributed by atoms with E-state index in [1.54, 1.807) is 55.5 Å². The molecule has 0 spiro atoms. The van der Waals surface area contributed by atoms with E-state index in [0.717, 1.165) is 5.56 Å². The van der Waals surface area contributed by atoms with Crippen LogP contribution in [-0.4, -0.2) is 42.2 Å². The van der Waals surface area contributed by atoms with Gasteiger partial charge in [-0.2, -0.15) is 0 Å². The van der Waals surface area contributed by atoms with Crippen molar-refractivity contribution in [3.05, 3.63) is 59.8 Å². The average molecular weight is 422 g/mol. The second kappa shape index (κ2) is 8.19. The minimum atomic E-state index is -0.688. The lowest BCUT2D eigenvalue weighted by atomic mass is 10.2. The lowest BCUT2D eigenvalue weighted by molar-refractivity contribution is -0.678. The van der Waals surface area contributed by atoms with Crippen LogP contribution in [0.15, 0.2) is 53.1 Å². The highest BCUT2D eigenvalue weighted by Gasteiger charge is 2.42. The van der Waals surface area contributed by atoms with Crippen LogP contribution < -0.4 is 19.4 Å². The maximum atomic E-state index is 13.0. The van der Waals surface area contributed by atoms with Gasteiger partial charge in [0.25, 0.3) is 11.6 Å². The largest absolute Gasteiger partial charge is 0.539 e. The molecule has 0 saturated carbocycles. The number of benzene rings is 2. The molecule has 1 aromatic heterocycles. The van der Waals surface area contributed by atoms with Gasteiger partial charge >= 0.3 is 0 Å². The molecule has 2 amide bonds. The highest BCUT2D eigenvalue weighted by Crippen LogP contribution is 2.26. The molecule has 2 heterocycles. The zero-order valence-corrected chi connectivity index (χ0v) is 17.4. The first kappa shape index (κ1) is 20.5. The van der Waals surface area contributed by atoms with Gasteiger partial charge in [0.1, 0.15) is 5.75 Å². The molecule has 4 rings (SSSR count). The summed E-state index contributed by atoms with van der Waals surface area (Å²) in [5.74, 6) is -0.535. The normalized spacial score (nSPS) is 16.4. The molecule has 2 aromatic carbocycles. The van der Waals surface area contributed by atoms with Gasteiger partial charge in [-0.1, -0.05) is 17.7 Å². The molecular weight excluding hydrogens is 400 g/mol. The number of ether oxygens (including phenoxy) is 1. The van der Waals surface area contributed by atoms with E-state index in [4.69, 9.17) is 9.26 Å². The molecule has 160 valence electrons. The first-order chi connectivity index (χ1) is 14.9. The number of amides is 2. The molecule has 9 nitrogen and oxygen atoms in total. The molecule has 0 radical (unpaired) electrons. The Morgan fingerprint density at radius 1 is 1.19 bits per heavy atom. The van der Waals surface area contributed by atoms with Crippen LogP contribution in [0.1, 0.15) is 17.7 Å². The second-order valence-electron chi connectivity index (χ2n) is 7.45. The van der Waals surface area contributed by atoms with Crippen LogP contribution in [0, 0.1) is 6.92 Å². The Morgan fingerprint density at radius 3 is 2.52 bits per heavy atom. The van der Waals surface area contributed by atoms with Crippen LogP contribution in [0.4, 0.5) is 5.69 Å². The summed E-state index contributed by atoms with van der Waals surface area (Å²) >= 11 is 0. The molecule has 1 unspecified atom stereocenters. The second-order valence-corrected chi connectivity index (χ2v) is 7.45. The van der Waals surface area contributed by atoms with Gasteiger partial charge in [0.05, 0.1) is 37.1 Å². The number of hydrogen-bond acceptors (Lipinski definition) is 7. The maximum absolute atomic E-state index is 13.0. The highest BCUT2D eigenvalue weighted by atomic mass is 16.6. The van der Waals surface area contributed by atoms with E-state index < -0.39 is 12.0 Å². The van der Waals surface area contributed by atoms with E-state index in [1.165, 1.54) is 9.58 Å². The van der Waals surface area contributed by atoms with E-state index >= 15 is 0 Å². The lowest BCUT2D eigenvalue weighted by Crippen LogP contribution is -2.44. The number of aryl methyl sites for hydroxylation is 1. The standard InChI is InChI=1S/C22H22N4O5/c1-14-4-6-15(7-5-14)25-20(27)12-18(21(25)28)24(2)13-19-22(29)31-23-26(19)16-8-10-17(30-3)11-9-16/h4-11,18H,12-13H2,1-3H3. The predicted molar refractivity (Wildman–Crippen MR) is 108 cm³/mol. The smallest absolute Gasteiger partial charge is 0.254 e. The Kier molecular flexibility index (Phi) is 5.43. The molecule has 1 saturated heterocycles. The third-order valence-corrected chi connectivity index (χ3v) is 5.36. The van der Waals surface area contributed by atoms with Gasteiger partial charge in [-0.05, 0) is 42.9 Å². The molecule has 1 aliphatic heterocycles. The van der Waals surface area contributed by atoms with Crippen molar-refractivity contribution in [2.45, 2.75) is 25.9 Å². The molecule has 31 heavy (non-hydrogen) atoms. The van der Waals surface area contributed by atoms with Crippen LogP contribution >= 0.6 is 0 Å². The SMILES string of the molecule is COc1ccc(-[n+]2noc([O-])c2CN(C)C2CC(=O)N(c3ccc(C)cc3)C2=O)cc1. The zero-order chi connectivity index (χ0) is 22.1. The first-order valence-electron chi connectivity index (χ1n) is 9.75. The first-order valence-corrected chi connectivity index (χ1v) is 9.75. The quantitative estimate of drug-likeness (QED) is 0.433. The molecule has 0 bridgehead atoms. The Morgan fingerprint density at radius 2 is 1.87 bits per heavy atom. The van der Waals surface area contributed by atoms with Gasteiger partial charge in [-0.3, -0.25) is 14.5 Å². The topological polar surface area (TPSA) is 103 Å². The molecule has 1 atom stereocenters. The van der Waals surface area contributed by atoms with Crippen LogP contribution in [0.25, 0.3) is 5.69 Å². The van der Waals surface area contributed by atoms with Crippen LogP contribution in [-0.2, 0) is 16.1 Å². The van der Waals surface area contributed by atoms with E-state index in [-0.39, 0.29) is 30.5 Å². The van der Waals surface area contributed by atoms with Crippen LogP contribution in [0.2, 0.25) is 0 Å². The number of aromatic nitrogens is 2. The number of carbonyl (C=O) groups is 2. The predicted octanol–water partition coefficient (Wildman–Crippen LogP) is 1.11. The van der Waals surface area contributed by atoms with Gasteiger partial charge in [-0.25, -0.2) is 4.90 Å². The van der Waals surface area contributed by atoms with Crippen molar-refractivity contribution in [2.75, 3.05) is 19.1 Å². The van der Waals surface area contributed by atoms with Gasteiger partial charge < -0.3 is 14.4 Å². The minimum absolute atomic E-state index is 0.0330. The lowest BCUT2D eigenvalue weighted by Gasteiger charge is -2.21. The van der Waals surface area contributed by atoms with Crippen molar-refractivity contribution in [2.24, 2.45) is 0 Å². The van der Waals surface area contributed by atoms with E-state index in [1.807, 2.05) is 19.1 Å². The Labute approximate surface area is 179 Å². The van der Waals surface area contributed by atoms with Crippen molar-refractivity contribution in [3.63, 3.8) is 0 Å². The van der Waals surface area contributed by atoms with Gasteiger partial charge in [0.2, 0.25) is 11.6 Å². The number of imide groups is 1. The summed E-state index contributed by atoms with van der Waals surface area (Å²) in [6.07, 6.45) is 0.0330. The molecule has 1 fully saturated rings. The fraction of sp³-hybridized carbons (Fsp3) is 0.273. The van der Waals surface area contributed by atoms with Crippen LogP contribution in [0.3, 0.4) is 0 Å². The Balaban J connectivity index is 1.55. The number of methoxy groups -OCH3 is 1. The summed E-state index contributed by atoms with van der Waals surface area (Å²) in [5.41, 5.74) is 2.45. The van der Waals surface area contributed by atoms with E-state index in [2.05, 4.69) is 5.27 Å². The zero-order valence-electron chi connectivity index (χ0n) is 17.4. The fourth-order valence-corrected chi connectivity index (χ4v) is 3.60. The summed E-state index contributed by atoms with van der Waals surface area (Å²) in [6.45, 7) is 2.02. The van der Waals surface area contributed by atoms with Crippen molar-refractivity contribution >= 4 is 17.5 Å². The fourth-order valence-electron chi connectivity index (χ4n) is 3.60. The van der Waals surface area contributed by atoms with Gasteiger partial charge in [0, 0.05) is 12.1 Å². The number of rotatable bonds is 6. The number of nitrogens with zero attached hydrogens (tertiary/aromatic N) is 4. The third-order valence-electron chi connectivity index (χ3n) is 5.36. The minimum Gasteiger partial charge on any atom is -0.539 e. The molecule has 0 aliphatic carbocycles. The summed E-state index contributed by atoms with van der Waals surface area (Å²) < 4.78 is 11.4. The molecule has 3 aromatic rings. The van der Waals surface area contributed by atoms with E-state index in [0.29, 0.717) is 17.1 Å². The van der Waals surface area contributed by atoms with Crippen molar-refractivity contribution < 1.29 is 28.6 Å². The molecule has 0 N–H and O–H groups in total. The van der Waals surface area contributed by atoms with Gasteiger partial charge in [-0.15, -0.1) is 0 Å². The van der Waals surface area contributed by atoms with E-state index in [9.17, 15) is 14.7 Å². The third kappa shape index (κ3) is 3.87. The number of hydrogen-bond donors (Lipinski definition) is 0. The molecule has 1 aliphatic rings. The molecular formula is C22H22N4O5. The molecule has 9 heteroatoms. The number of likely N-dealkylation sites (N-methyl/N-ethyl adjacent to an activating group) is 1. The maximum Gasteiger partial charge on any atom is 0.254 e. The van der Waals surface area contributed by atoms with Crippen LogP contribution in [0.5, 0.6) is 11.7 Å². The Hall–Kier alpha value is -3.72. The van der Waals surface area contributed by atoms with Crippen molar-refractivity contribution in [1.82, 2.24) is 10.2 Å².